The van der Waals surface area contributed by atoms with Crippen LogP contribution in [-0.4, -0.2) is 24.1 Å². The Kier molecular flexibility index (Phi) is 7.55. The quantitative estimate of drug-likeness (QED) is 0.514. The van der Waals surface area contributed by atoms with Gasteiger partial charge in [0.15, 0.2) is 6.61 Å². The molecule has 142 valence electrons. The van der Waals surface area contributed by atoms with Gasteiger partial charge in [-0.15, -0.1) is 0 Å². The van der Waals surface area contributed by atoms with E-state index >= 15 is 0 Å². The third-order valence-electron chi connectivity index (χ3n) is 3.70. The van der Waals surface area contributed by atoms with Gasteiger partial charge in [0.2, 0.25) is 5.91 Å². The Labute approximate surface area is 167 Å². The van der Waals surface area contributed by atoms with Gasteiger partial charge >= 0.3 is 0 Å². The van der Waals surface area contributed by atoms with E-state index < -0.39 is 5.91 Å². The standard InChI is InChI=1S/C20H22BrN3O3/c1-13-6-4-5-7-17(13)22-19(25)11-15(3)23-24-20(26)12-27-18-9-8-16(21)10-14(18)2/h4-10H,11-12H2,1-3H3,(H,22,25)(H,24,26). The van der Waals surface area contributed by atoms with Crippen molar-refractivity contribution in [2.75, 3.05) is 11.9 Å². The van der Waals surface area contributed by atoms with Crippen molar-refractivity contribution in [3.63, 3.8) is 0 Å². The minimum atomic E-state index is -0.393. The monoisotopic (exact) mass is 431 g/mol. The van der Waals surface area contributed by atoms with Gasteiger partial charge in [-0.3, -0.25) is 9.59 Å². The molecule has 0 aliphatic rings. The normalized spacial score (nSPS) is 11.0. The second-order valence-corrected chi connectivity index (χ2v) is 7.04. The lowest BCUT2D eigenvalue weighted by atomic mass is 10.2. The summed E-state index contributed by atoms with van der Waals surface area (Å²) in [6, 6.07) is 13.1. The van der Waals surface area contributed by atoms with Crippen LogP contribution in [0.4, 0.5) is 5.69 Å². The number of ether oxygens (including phenoxy) is 1. The molecule has 2 N–H and O–H groups in total. The largest absolute Gasteiger partial charge is 0.483 e. The third-order valence-corrected chi connectivity index (χ3v) is 4.20. The highest BCUT2D eigenvalue weighted by Gasteiger charge is 2.08. The molecule has 0 saturated carbocycles. The van der Waals surface area contributed by atoms with E-state index in [-0.39, 0.29) is 18.9 Å². The Morgan fingerprint density at radius 2 is 1.81 bits per heavy atom. The molecule has 0 heterocycles. The molecule has 7 heteroatoms. The lowest BCUT2D eigenvalue weighted by Gasteiger charge is -2.09. The predicted molar refractivity (Wildman–Crippen MR) is 110 cm³/mol. The molecule has 6 nitrogen and oxygen atoms in total. The zero-order valence-electron chi connectivity index (χ0n) is 15.5. The van der Waals surface area contributed by atoms with Gasteiger partial charge < -0.3 is 10.1 Å². The maximum Gasteiger partial charge on any atom is 0.277 e. The molecule has 0 aliphatic carbocycles. The van der Waals surface area contributed by atoms with Crippen molar-refractivity contribution >= 4 is 39.1 Å². The van der Waals surface area contributed by atoms with E-state index in [2.05, 4.69) is 31.8 Å². The Bertz CT molecular complexity index is 865. The number of amides is 2. The van der Waals surface area contributed by atoms with E-state index in [0.29, 0.717) is 11.5 Å². The zero-order valence-corrected chi connectivity index (χ0v) is 17.1. The van der Waals surface area contributed by atoms with Crippen LogP contribution in [0.3, 0.4) is 0 Å². The molecule has 0 aliphatic heterocycles. The van der Waals surface area contributed by atoms with E-state index in [4.69, 9.17) is 4.74 Å². The highest BCUT2D eigenvalue weighted by Crippen LogP contribution is 2.21. The van der Waals surface area contributed by atoms with Crippen LogP contribution in [0, 0.1) is 13.8 Å². The van der Waals surface area contributed by atoms with Gasteiger partial charge in [-0.25, -0.2) is 5.43 Å². The second kappa shape index (κ2) is 9.87. The molecule has 0 fully saturated rings. The van der Waals surface area contributed by atoms with Crippen molar-refractivity contribution in [3.8, 4) is 5.75 Å². The first-order chi connectivity index (χ1) is 12.8. The first-order valence-electron chi connectivity index (χ1n) is 8.41. The number of halogens is 1. The number of nitrogens with one attached hydrogen (secondary N) is 2. The van der Waals surface area contributed by atoms with E-state index in [1.807, 2.05) is 50.2 Å². The molecule has 2 amide bonds. The molecule has 0 unspecified atom stereocenters. The molecule has 2 rings (SSSR count). The van der Waals surface area contributed by atoms with Gasteiger partial charge in [0.25, 0.3) is 5.91 Å². The van der Waals surface area contributed by atoms with Crippen molar-refractivity contribution in [1.29, 1.82) is 0 Å². The minimum absolute atomic E-state index is 0.0846. The summed E-state index contributed by atoms with van der Waals surface area (Å²) in [5.74, 6) is 0.0455. The number of anilines is 1. The predicted octanol–water partition coefficient (Wildman–Crippen LogP) is 3.97. The van der Waals surface area contributed by atoms with Crippen LogP contribution >= 0.6 is 15.9 Å². The average molecular weight is 432 g/mol. The van der Waals surface area contributed by atoms with Crippen LogP contribution in [0.2, 0.25) is 0 Å². The molecule has 27 heavy (non-hydrogen) atoms. The van der Waals surface area contributed by atoms with Crippen molar-refractivity contribution in [2.24, 2.45) is 5.10 Å². The molecule has 2 aromatic carbocycles. The van der Waals surface area contributed by atoms with Crippen LogP contribution in [0.15, 0.2) is 52.0 Å². The summed E-state index contributed by atoms with van der Waals surface area (Å²) in [6.45, 7) is 5.34. The number of aryl methyl sites for hydroxylation is 2. The van der Waals surface area contributed by atoms with Crippen LogP contribution in [-0.2, 0) is 9.59 Å². The highest BCUT2D eigenvalue weighted by molar-refractivity contribution is 9.10. The summed E-state index contributed by atoms with van der Waals surface area (Å²) in [5, 5.41) is 6.77. The molecular weight excluding hydrogens is 410 g/mol. The summed E-state index contributed by atoms with van der Waals surface area (Å²) >= 11 is 3.38. The van der Waals surface area contributed by atoms with Gasteiger partial charge in [0.1, 0.15) is 5.75 Å². The average Bonchev–Trinajstić information content (AvgIpc) is 2.61. The molecule has 0 radical (unpaired) electrons. The molecule has 0 atom stereocenters. The number of carbonyl (C=O) groups excluding carboxylic acids is 2. The van der Waals surface area contributed by atoms with Gasteiger partial charge in [0.05, 0.1) is 6.42 Å². The summed E-state index contributed by atoms with van der Waals surface area (Å²) in [6.07, 6.45) is 0.0846. The van der Waals surface area contributed by atoms with E-state index in [0.717, 1.165) is 21.3 Å². The summed E-state index contributed by atoms with van der Waals surface area (Å²) in [5.41, 5.74) is 5.56. The van der Waals surface area contributed by atoms with Crippen LogP contribution < -0.4 is 15.5 Å². The lowest BCUT2D eigenvalue weighted by molar-refractivity contribution is -0.123. The van der Waals surface area contributed by atoms with Crippen LogP contribution in [0.25, 0.3) is 0 Å². The molecule has 2 aromatic rings. The summed E-state index contributed by atoms with van der Waals surface area (Å²) in [7, 11) is 0. The summed E-state index contributed by atoms with van der Waals surface area (Å²) < 4.78 is 6.42. The third kappa shape index (κ3) is 6.86. The highest BCUT2D eigenvalue weighted by atomic mass is 79.9. The molecule has 0 bridgehead atoms. The van der Waals surface area contributed by atoms with Gasteiger partial charge in [-0.2, -0.15) is 5.10 Å². The Morgan fingerprint density at radius 3 is 2.52 bits per heavy atom. The van der Waals surface area contributed by atoms with Crippen LogP contribution in [0.1, 0.15) is 24.5 Å². The fourth-order valence-electron chi connectivity index (χ4n) is 2.29. The maximum absolute atomic E-state index is 12.1. The minimum Gasteiger partial charge on any atom is -0.483 e. The molecule has 0 spiro atoms. The van der Waals surface area contributed by atoms with Crippen molar-refractivity contribution < 1.29 is 14.3 Å². The number of benzene rings is 2. The number of hydrazone groups is 1. The Hall–Kier alpha value is -2.67. The summed E-state index contributed by atoms with van der Waals surface area (Å²) in [4.78, 5) is 23.9. The van der Waals surface area contributed by atoms with E-state index in [1.165, 1.54) is 0 Å². The number of carbonyl (C=O) groups is 2. The molecule has 0 aromatic heterocycles. The SMILES string of the molecule is CC(CC(=O)Nc1ccccc1C)=NNC(=O)COc1ccc(Br)cc1C. The van der Waals surface area contributed by atoms with Crippen LogP contribution in [0.5, 0.6) is 5.75 Å². The fourth-order valence-corrected chi connectivity index (χ4v) is 2.76. The molecular formula is C20H22BrN3O3. The van der Waals surface area contributed by atoms with E-state index in [9.17, 15) is 9.59 Å². The lowest BCUT2D eigenvalue weighted by Crippen LogP contribution is -2.26. The Balaban J connectivity index is 1.79. The fraction of sp³-hybridized carbons (Fsp3) is 0.250. The number of para-hydroxylation sites is 1. The topological polar surface area (TPSA) is 79.8 Å². The van der Waals surface area contributed by atoms with Crippen molar-refractivity contribution in [1.82, 2.24) is 5.43 Å². The number of hydrogen-bond donors (Lipinski definition) is 2. The number of hydrogen-bond acceptors (Lipinski definition) is 4. The van der Waals surface area contributed by atoms with Gasteiger partial charge in [-0.05, 0) is 56.2 Å². The zero-order chi connectivity index (χ0) is 19.8. The number of rotatable bonds is 7. The Morgan fingerprint density at radius 1 is 1.07 bits per heavy atom. The van der Waals surface area contributed by atoms with Crippen molar-refractivity contribution in [2.45, 2.75) is 27.2 Å². The molecule has 0 saturated heterocycles. The van der Waals surface area contributed by atoms with Crippen molar-refractivity contribution in [3.05, 3.63) is 58.1 Å². The van der Waals surface area contributed by atoms with Gasteiger partial charge in [-0.1, -0.05) is 34.1 Å². The smallest absolute Gasteiger partial charge is 0.277 e. The second-order valence-electron chi connectivity index (χ2n) is 6.12. The maximum atomic E-state index is 12.1. The first kappa shape index (κ1) is 20.6. The first-order valence-corrected chi connectivity index (χ1v) is 9.21. The van der Waals surface area contributed by atoms with E-state index in [1.54, 1.807) is 13.0 Å². The van der Waals surface area contributed by atoms with Gasteiger partial charge in [0, 0.05) is 15.9 Å². The number of nitrogens with zero attached hydrogens (tertiary/aromatic N) is 1.